The van der Waals surface area contributed by atoms with E-state index in [1.54, 1.807) is 0 Å². The van der Waals surface area contributed by atoms with Gasteiger partial charge in [-0.2, -0.15) is 0 Å². The van der Waals surface area contributed by atoms with Gasteiger partial charge in [-0.15, -0.1) is 0 Å². The second-order valence-corrected chi connectivity index (χ2v) is 9.76. The molecule has 0 fully saturated rings. The van der Waals surface area contributed by atoms with Gasteiger partial charge in [0.1, 0.15) is 11.5 Å². The summed E-state index contributed by atoms with van der Waals surface area (Å²) in [5, 5.41) is -4.78. The molecule has 0 amide bonds. The normalized spacial score (nSPS) is 20.2. The molecule has 0 saturated carbocycles. The van der Waals surface area contributed by atoms with Crippen LogP contribution in [0.3, 0.4) is 0 Å². The molecule has 43 heavy (non-hydrogen) atoms. The fourth-order valence-corrected chi connectivity index (χ4v) is 5.77. The summed E-state index contributed by atoms with van der Waals surface area (Å²) in [4.78, 5) is 0. The third-order valence-electron chi connectivity index (χ3n) is 7.57. The Bertz CT molecular complexity index is 3910. The SMILES string of the molecule is [2H]c1c([2H])c([2H])c2c(c1[2H])Oc1c([2H])c([2H])c(-c3c(-c4c([2H])c([2H])c5c([2H])c([2H])c6c([2H])c([2H])c([2H])c7c([2H])c([2H])c4c5c67)c([2H])c([2H])c4c([2H])c([2H])c([2H])c([2H])c34)c3c([2H])c([2H])c([2H])c-2c13. The van der Waals surface area contributed by atoms with Gasteiger partial charge in [0.2, 0.25) is 0 Å². The molecule has 0 spiro atoms. The molecule has 0 atom stereocenters. The lowest BCUT2D eigenvalue weighted by Crippen LogP contribution is -1.98. The molecule has 0 saturated heterocycles. The van der Waals surface area contributed by atoms with Crippen molar-refractivity contribution >= 4 is 53.9 Å². The van der Waals surface area contributed by atoms with E-state index in [1.165, 1.54) is 0 Å². The van der Waals surface area contributed by atoms with E-state index in [0.29, 0.717) is 0 Å². The Balaban J connectivity index is 1.56. The summed E-state index contributed by atoms with van der Waals surface area (Å²) >= 11 is 0. The van der Waals surface area contributed by atoms with Crippen molar-refractivity contribution in [1.29, 1.82) is 0 Å². The summed E-state index contributed by atoms with van der Waals surface area (Å²) in [6.45, 7) is 0. The Morgan fingerprint density at radius 1 is 0.326 bits per heavy atom. The predicted molar refractivity (Wildman–Crippen MR) is 182 cm³/mol. The minimum Gasteiger partial charge on any atom is -0.456 e. The van der Waals surface area contributed by atoms with Crippen molar-refractivity contribution < 1.29 is 37.6 Å². The molecule has 10 rings (SSSR count). The lowest BCUT2D eigenvalue weighted by Gasteiger charge is -2.24. The van der Waals surface area contributed by atoms with Crippen LogP contribution in [0.1, 0.15) is 32.9 Å². The van der Waals surface area contributed by atoms with E-state index >= 15 is 0 Å². The molecule has 1 heteroatoms. The zero-order chi connectivity index (χ0) is 49.0. The van der Waals surface area contributed by atoms with E-state index in [0.717, 1.165) is 0 Å². The van der Waals surface area contributed by atoms with Gasteiger partial charge >= 0.3 is 0 Å². The van der Waals surface area contributed by atoms with Crippen molar-refractivity contribution in [2.24, 2.45) is 0 Å². The first kappa shape index (κ1) is 9.97. The number of hydrogen-bond acceptors (Lipinski definition) is 1. The smallest absolute Gasteiger partial charge is 0.135 e. The molecule has 1 aliphatic rings. The van der Waals surface area contributed by atoms with Gasteiger partial charge in [-0.25, -0.2) is 0 Å². The summed E-state index contributed by atoms with van der Waals surface area (Å²) in [5.41, 5.74) is -3.73. The van der Waals surface area contributed by atoms with Crippen LogP contribution < -0.4 is 4.74 Å². The molecule has 1 heterocycles. The van der Waals surface area contributed by atoms with E-state index in [2.05, 4.69) is 0 Å². The summed E-state index contributed by atoms with van der Waals surface area (Å²) in [7, 11) is 0. The molecule has 9 aromatic carbocycles. The first-order chi connectivity index (χ1) is 31.3. The van der Waals surface area contributed by atoms with Crippen LogP contribution in [-0.4, -0.2) is 0 Å². The average Bonchev–Trinajstić information content (AvgIpc) is 3.29. The Morgan fingerprint density at radius 3 is 1.86 bits per heavy atom. The Hall–Kier alpha value is -5.66. The fraction of sp³-hybridized carbons (Fsp3) is 0. The molecular weight excluding hydrogens is 520 g/mol. The van der Waals surface area contributed by atoms with Crippen molar-refractivity contribution in [2.45, 2.75) is 0 Å². The Morgan fingerprint density at radius 2 is 0.930 bits per heavy atom. The topological polar surface area (TPSA) is 9.23 Å². The predicted octanol–water partition coefficient (Wildman–Crippen LogP) is 12.0. The highest BCUT2D eigenvalue weighted by molar-refractivity contribution is 6.26. The molecule has 9 aromatic rings. The van der Waals surface area contributed by atoms with Crippen LogP contribution in [0, 0.1) is 0 Å². The molecule has 198 valence electrons. The van der Waals surface area contributed by atoms with Crippen molar-refractivity contribution in [3.8, 4) is 44.9 Å². The van der Waals surface area contributed by atoms with E-state index in [9.17, 15) is 13.7 Å². The second kappa shape index (κ2) is 8.44. The molecular formula is C42H24O. The number of para-hydroxylation sites is 1. The number of fused-ring (bicyclic) bond motifs is 3. The van der Waals surface area contributed by atoms with Crippen molar-refractivity contribution in [3.05, 3.63) is 145 Å². The minimum absolute atomic E-state index is 0.290. The minimum atomic E-state index is -0.981. The summed E-state index contributed by atoms with van der Waals surface area (Å²) in [5.74, 6) is -1.18. The highest BCUT2D eigenvalue weighted by Crippen LogP contribution is 2.51. The van der Waals surface area contributed by atoms with Crippen molar-refractivity contribution in [1.82, 2.24) is 0 Å². The number of benzene rings is 9. The van der Waals surface area contributed by atoms with Crippen LogP contribution in [0.25, 0.3) is 87.2 Å². The van der Waals surface area contributed by atoms with Gasteiger partial charge in [0.25, 0.3) is 0 Å². The number of rotatable bonds is 2. The van der Waals surface area contributed by atoms with E-state index in [1.807, 2.05) is 0 Å². The molecule has 1 nitrogen and oxygen atoms in total. The summed E-state index contributed by atoms with van der Waals surface area (Å²) in [6, 6.07) is -19.9. The Kier molecular flexibility index (Phi) is 1.96. The first-order valence-electron chi connectivity index (χ1n) is 24.9. The third kappa shape index (κ3) is 3.11. The third-order valence-corrected chi connectivity index (χ3v) is 7.57. The molecule has 0 N–H and O–H groups in total. The maximum absolute atomic E-state index is 9.71. The van der Waals surface area contributed by atoms with E-state index in [-0.39, 0.29) is 10.8 Å². The van der Waals surface area contributed by atoms with Gasteiger partial charge in [-0.1, -0.05) is 127 Å². The summed E-state index contributed by atoms with van der Waals surface area (Å²) < 4.78 is 223. The van der Waals surface area contributed by atoms with E-state index < -0.39 is 233 Å². The van der Waals surface area contributed by atoms with Crippen LogP contribution in [0.2, 0.25) is 0 Å². The molecule has 0 radical (unpaired) electrons. The molecule has 0 aromatic heterocycles. The van der Waals surface area contributed by atoms with E-state index in [4.69, 9.17) is 23.9 Å². The second-order valence-electron chi connectivity index (χ2n) is 9.76. The molecule has 0 unspecified atom stereocenters. The maximum atomic E-state index is 9.71. The highest BCUT2D eigenvalue weighted by Gasteiger charge is 2.23. The molecule has 0 aliphatic carbocycles. The zero-order valence-electron chi connectivity index (χ0n) is 45.4. The monoisotopic (exact) mass is 568 g/mol. The van der Waals surface area contributed by atoms with Gasteiger partial charge in [0.15, 0.2) is 0 Å². The zero-order valence-corrected chi connectivity index (χ0v) is 21.4. The number of hydrogen-bond donors (Lipinski definition) is 0. The highest BCUT2D eigenvalue weighted by atomic mass is 16.5. The van der Waals surface area contributed by atoms with Gasteiger partial charge in [-0.3, -0.25) is 0 Å². The van der Waals surface area contributed by atoms with Crippen LogP contribution in [0.15, 0.2) is 145 Å². The largest absolute Gasteiger partial charge is 0.456 e. The summed E-state index contributed by atoms with van der Waals surface area (Å²) in [6.07, 6.45) is 0. The van der Waals surface area contributed by atoms with Crippen LogP contribution >= 0.6 is 0 Å². The van der Waals surface area contributed by atoms with Gasteiger partial charge < -0.3 is 4.74 Å². The lowest BCUT2D eigenvalue weighted by molar-refractivity contribution is 0.487. The van der Waals surface area contributed by atoms with Crippen LogP contribution in [-0.2, 0) is 0 Å². The first-order valence-corrected chi connectivity index (χ1v) is 12.9. The molecule has 0 bridgehead atoms. The van der Waals surface area contributed by atoms with Crippen molar-refractivity contribution in [2.75, 3.05) is 0 Å². The van der Waals surface area contributed by atoms with Gasteiger partial charge in [-0.05, 0) is 94.4 Å². The van der Waals surface area contributed by atoms with Gasteiger partial charge in [0.05, 0.1) is 32.9 Å². The fourth-order valence-electron chi connectivity index (χ4n) is 5.77. The van der Waals surface area contributed by atoms with Crippen LogP contribution in [0.5, 0.6) is 11.5 Å². The molecule has 1 aliphatic heterocycles. The van der Waals surface area contributed by atoms with Crippen molar-refractivity contribution in [3.63, 3.8) is 0 Å². The number of ether oxygens (including phenoxy) is 1. The maximum Gasteiger partial charge on any atom is 0.135 e. The quantitative estimate of drug-likeness (QED) is 0.188. The standard InChI is InChI=1S/C42H24O/c1-2-10-29-25(7-1)17-21-35(30-20-18-28-16-15-26-8-5-9-27-19-22-34(30)40(28)39(26)27)41(29)36-23-24-38-42-32(12-6-13-33(36)42)31-11-3-4-14-37(31)43-38/h1-24H/i1D,2D,3D,4D,5D,6D,7D,8D,9D,10D,11D,12D,13D,14D,15D,16D,17D,18D,19D,20D,21D,22D,23D,24D. The van der Waals surface area contributed by atoms with Crippen LogP contribution in [0.4, 0.5) is 0 Å². The average molecular weight is 569 g/mol. The van der Waals surface area contributed by atoms with Gasteiger partial charge in [0, 0.05) is 10.9 Å². The lowest BCUT2D eigenvalue weighted by atomic mass is 9.83. The Labute approximate surface area is 282 Å².